The quantitative estimate of drug-likeness (QED) is 0.636. The van der Waals surface area contributed by atoms with Gasteiger partial charge in [0.1, 0.15) is 5.75 Å². The fraction of sp³-hybridized carbons (Fsp3) is 0.250. The molecule has 0 saturated heterocycles. The van der Waals surface area contributed by atoms with Gasteiger partial charge in [0, 0.05) is 36.8 Å². The van der Waals surface area contributed by atoms with E-state index in [1.807, 2.05) is 25.5 Å². The lowest BCUT2D eigenvalue weighted by Crippen LogP contribution is -2.07. The second-order valence-electron chi connectivity index (χ2n) is 5.93. The standard InChI is InChI=1S/C20H22N2O3S/c1-22(2)14-8-6-13(7-9-14)17-12-26-21-19(17)16-10-15(23-3)11-18(24-4)20(16)25-5/h6-12H,1-5H3. The summed E-state index contributed by atoms with van der Waals surface area (Å²) in [7, 11) is 8.93. The molecule has 0 aliphatic heterocycles. The lowest BCUT2D eigenvalue weighted by atomic mass is 10.0. The molecule has 0 aliphatic carbocycles. The molecule has 0 atom stereocenters. The molecule has 3 aromatic rings. The Kier molecular flexibility index (Phi) is 5.32. The molecule has 1 heterocycles. The Morgan fingerprint density at radius 1 is 0.885 bits per heavy atom. The van der Waals surface area contributed by atoms with Gasteiger partial charge in [0.2, 0.25) is 0 Å². The maximum absolute atomic E-state index is 5.61. The number of hydrogen-bond acceptors (Lipinski definition) is 6. The van der Waals surface area contributed by atoms with Gasteiger partial charge in [-0.25, -0.2) is 0 Å². The first kappa shape index (κ1) is 18.1. The van der Waals surface area contributed by atoms with Crippen molar-refractivity contribution in [1.82, 2.24) is 4.37 Å². The van der Waals surface area contributed by atoms with Crippen LogP contribution in [0.1, 0.15) is 0 Å². The Morgan fingerprint density at radius 2 is 1.62 bits per heavy atom. The minimum absolute atomic E-state index is 0.615. The van der Waals surface area contributed by atoms with E-state index in [-0.39, 0.29) is 0 Å². The molecule has 0 saturated carbocycles. The van der Waals surface area contributed by atoms with Crippen molar-refractivity contribution in [3.63, 3.8) is 0 Å². The Morgan fingerprint density at radius 3 is 2.19 bits per heavy atom. The van der Waals surface area contributed by atoms with E-state index in [2.05, 4.69) is 33.5 Å². The van der Waals surface area contributed by atoms with Crippen LogP contribution in [0.15, 0.2) is 41.8 Å². The summed E-state index contributed by atoms with van der Waals surface area (Å²) in [6, 6.07) is 12.1. The van der Waals surface area contributed by atoms with Gasteiger partial charge in [0.15, 0.2) is 11.5 Å². The number of rotatable bonds is 6. The summed E-state index contributed by atoms with van der Waals surface area (Å²) < 4.78 is 21.1. The molecule has 0 bridgehead atoms. The van der Waals surface area contributed by atoms with Gasteiger partial charge in [-0.05, 0) is 35.3 Å². The van der Waals surface area contributed by atoms with Crippen LogP contribution in [0.5, 0.6) is 17.2 Å². The number of aromatic nitrogens is 1. The minimum Gasteiger partial charge on any atom is -0.497 e. The van der Waals surface area contributed by atoms with Gasteiger partial charge in [0.05, 0.1) is 32.6 Å². The molecule has 0 radical (unpaired) electrons. The van der Waals surface area contributed by atoms with Crippen LogP contribution in [0.25, 0.3) is 22.4 Å². The molecule has 0 spiro atoms. The normalized spacial score (nSPS) is 10.5. The van der Waals surface area contributed by atoms with Crippen LogP contribution < -0.4 is 19.1 Å². The van der Waals surface area contributed by atoms with Gasteiger partial charge < -0.3 is 19.1 Å². The second kappa shape index (κ2) is 7.66. The third-order valence-electron chi connectivity index (χ3n) is 4.21. The topological polar surface area (TPSA) is 43.8 Å². The highest BCUT2D eigenvalue weighted by Gasteiger charge is 2.20. The number of methoxy groups -OCH3 is 3. The van der Waals surface area contributed by atoms with Gasteiger partial charge in [-0.1, -0.05) is 12.1 Å². The van der Waals surface area contributed by atoms with E-state index in [9.17, 15) is 0 Å². The van der Waals surface area contributed by atoms with Crippen molar-refractivity contribution in [2.75, 3.05) is 40.3 Å². The maximum Gasteiger partial charge on any atom is 0.170 e. The number of benzene rings is 2. The average Bonchev–Trinajstić information content (AvgIpc) is 3.16. The number of ether oxygens (including phenoxy) is 3. The van der Waals surface area contributed by atoms with Crippen molar-refractivity contribution in [1.29, 1.82) is 0 Å². The van der Waals surface area contributed by atoms with E-state index >= 15 is 0 Å². The van der Waals surface area contributed by atoms with Crippen LogP contribution in [0, 0.1) is 0 Å². The van der Waals surface area contributed by atoms with E-state index in [0.29, 0.717) is 17.2 Å². The van der Waals surface area contributed by atoms with Crippen molar-refractivity contribution in [3.8, 4) is 39.6 Å². The molecular formula is C20H22N2O3S. The SMILES string of the molecule is COc1cc(OC)c(OC)c(-c2nscc2-c2ccc(N(C)C)cc2)c1. The second-order valence-corrected chi connectivity index (χ2v) is 6.56. The van der Waals surface area contributed by atoms with Crippen molar-refractivity contribution < 1.29 is 14.2 Å². The van der Waals surface area contributed by atoms with Crippen LogP contribution >= 0.6 is 11.5 Å². The van der Waals surface area contributed by atoms with Gasteiger partial charge in [-0.3, -0.25) is 0 Å². The first-order valence-electron chi connectivity index (χ1n) is 8.11. The summed E-state index contributed by atoms with van der Waals surface area (Å²) in [4.78, 5) is 2.08. The van der Waals surface area contributed by atoms with Crippen LogP contribution in [-0.2, 0) is 0 Å². The van der Waals surface area contributed by atoms with E-state index < -0.39 is 0 Å². The summed E-state index contributed by atoms with van der Waals surface area (Å²) >= 11 is 1.41. The Hall–Kier alpha value is -2.73. The van der Waals surface area contributed by atoms with Gasteiger partial charge >= 0.3 is 0 Å². The highest BCUT2D eigenvalue weighted by molar-refractivity contribution is 7.04. The third kappa shape index (κ3) is 3.32. The zero-order valence-corrected chi connectivity index (χ0v) is 16.4. The lowest BCUT2D eigenvalue weighted by Gasteiger charge is -2.15. The molecule has 26 heavy (non-hydrogen) atoms. The molecular weight excluding hydrogens is 348 g/mol. The molecule has 1 aromatic heterocycles. The fourth-order valence-corrected chi connectivity index (χ4v) is 3.52. The monoisotopic (exact) mass is 370 g/mol. The molecule has 0 fully saturated rings. The van der Waals surface area contributed by atoms with Crippen molar-refractivity contribution in [2.24, 2.45) is 0 Å². The Balaban J connectivity index is 2.14. The highest BCUT2D eigenvalue weighted by atomic mass is 32.1. The van der Waals surface area contributed by atoms with Crippen molar-refractivity contribution in [3.05, 3.63) is 41.8 Å². The molecule has 0 aliphatic rings. The fourth-order valence-electron chi connectivity index (χ4n) is 2.81. The number of anilines is 1. The largest absolute Gasteiger partial charge is 0.497 e. The smallest absolute Gasteiger partial charge is 0.170 e. The summed E-state index contributed by atoms with van der Waals surface area (Å²) in [5.74, 6) is 1.95. The predicted octanol–water partition coefficient (Wildman–Crippen LogP) is 4.57. The molecule has 3 rings (SSSR count). The van der Waals surface area contributed by atoms with E-state index in [1.54, 1.807) is 27.4 Å². The summed E-state index contributed by atoms with van der Waals surface area (Å²) in [5.41, 5.74) is 4.99. The van der Waals surface area contributed by atoms with Gasteiger partial charge in [-0.15, -0.1) is 0 Å². The molecule has 5 nitrogen and oxygen atoms in total. The van der Waals surface area contributed by atoms with E-state index in [1.165, 1.54) is 11.5 Å². The predicted molar refractivity (Wildman–Crippen MR) is 107 cm³/mol. The Labute approximate surface area is 157 Å². The number of hydrogen-bond donors (Lipinski definition) is 0. The van der Waals surface area contributed by atoms with Crippen molar-refractivity contribution >= 4 is 17.2 Å². The number of nitrogens with zero attached hydrogens (tertiary/aromatic N) is 2. The first-order valence-corrected chi connectivity index (χ1v) is 8.95. The van der Waals surface area contributed by atoms with Gasteiger partial charge in [0.25, 0.3) is 0 Å². The first-order chi connectivity index (χ1) is 12.6. The van der Waals surface area contributed by atoms with Crippen LogP contribution in [0.4, 0.5) is 5.69 Å². The maximum atomic E-state index is 5.61. The summed E-state index contributed by atoms with van der Waals surface area (Å²) in [6.07, 6.45) is 0. The van der Waals surface area contributed by atoms with Crippen LogP contribution in [0.2, 0.25) is 0 Å². The molecule has 2 aromatic carbocycles. The van der Waals surface area contributed by atoms with Crippen LogP contribution in [0.3, 0.4) is 0 Å². The zero-order valence-electron chi connectivity index (χ0n) is 15.6. The third-order valence-corrected chi connectivity index (χ3v) is 4.84. The van der Waals surface area contributed by atoms with E-state index in [4.69, 9.17) is 14.2 Å². The summed E-state index contributed by atoms with van der Waals surface area (Å²) in [5, 5.41) is 2.05. The Bertz CT molecular complexity index is 889. The molecule has 136 valence electrons. The van der Waals surface area contributed by atoms with Crippen LogP contribution in [-0.4, -0.2) is 39.8 Å². The van der Waals surface area contributed by atoms with E-state index in [0.717, 1.165) is 28.1 Å². The van der Waals surface area contributed by atoms with Crippen molar-refractivity contribution in [2.45, 2.75) is 0 Å². The molecule has 0 N–H and O–H groups in total. The minimum atomic E-state index is 0.615. The zero-order chi connectivity index (χ0) is 18.7. The highest BCUT2D eigenvalue weighted by Crippen LogP contribution is 2.44. The lowest BCUT2D eigenvalue weighted by molar-refractivity contribution is 0.350. The summed E-state index contributed by atoms with van der Waals surface area (Å²) in [6.45, 7) is 0. The molecule has 0 amide bonds. The van der Waals surface area contributed by atoms with Gasteiger partial charge in [-0.2, -0.15) is 4.37 Å². The molecule has 6 heteroatoms. The molecule has 0 unspecified atom stereocenters. The average molecular weight is 370 g/mol.